The maximum absolute atomic E-state index is 13.8. The van der Waals surface area contributed by atoms with Gasteiger partial charge in [0.25, 0.3) is 6.47 Å². The van der Waals surface area contributed by atoms with Crippen molar-refractivity contribution in [3.63, 3.8) is 0 Å². The number of piperidine rings is 1. The fourth-order valence-corrected chi connectivity index (χ4v) is 10.5. The number of rotatable bonds is 15. The Balaban J connectivity index is 1.24. The molecule has 2 bridgehead atoms. The summed E-state index contributed by atoms with van der Waals surface area (Å²) in [6.45, 7) is 20.5. The minimum atomic E-state index is -0.719. The highest BCUT2D eigenvalue weighted by Gasteiger charge is 2.34. The standard InChI is InChI=1S/C53H72N6O7/c1-8-59-48-12-9-38(39-21-36-22-40(29-60)56-52(62)47(34(2)3)30-66-49(31-65-43(23-36)24-39)37-13-15-54-16-14-37)25-44(48)46(27-53(5,6)32-64-33-61)51(59)45-26-42(28-55-50(45)35(4)63-7)58-19-17-57(18-20-58)41-10-11-41/h9,12,21,23-26,28-29,33-35,37,40-41,47,49,54H,8,10-11,13-20,22,27,30-32H2,1-7H3,(H,56,62)/t35?,40?,47-,49?/m0/s1. The molecule has 1 amide bonds. The largest absolute Gasteiger partial charge is 0.491 e. The summed E-state index contributed by atoms with van der Waals surface area (Å²) < 4.78 is 27.2. The zero-order chi connectivity index (χ0) is 46.5. The average Bonchev–Trinajstić information content (AvgIpc) is 4.14. The number of pyridine rings is 1. The van der Waals surface area contributed by atoms with Crippen molar-refractivity contribution >= 4 is 35.3 Å². The average molecular weight is 905 g/mol. The highest BCUT2D eigenvalue weighted by molar-refractivity contribution is 5.96. The van der Waals surface area contributed by atoms with Crippen LogP contribution < -0.4 is 20.3 Å². The molecule has 1 aliphatic carbocycles. The van der Waals surface area contributed by atoms with Crippen molar-refractivity contribution in [3.8, 4) is 28.1 Å². The van der Waals surface area contributed by atoms with Crippen LogP contribution in [0.25, 0.3) is 33.3 Å². The van der Waals surface area contributed by atoms with Crippen molar-refractivity contribution in [1.82, 2.24) is 25.1 Å². The fourth-order valence-electron chi connectivity index (χ4n) is 10.5. The smallest absolute Gasteiger partial charge is 0.293 e. The number of anilines is 1. The first-order chi connectivity index (χ1) is 31.9. The van der Waals surface area contributed by atoms with Gasteiger partial charge in [0, 0.05) is 67.8 Å². The predicted octanol–water partition coefficient (Wildman–Crippen LogP) is 7.40. The van der Waals surface area contributed by atoms with E-state index in [0.717, 1.165) is 120 Å². The molecule has 4 aliphatic rings. The maximum atomic E-state index is 13.8. The van der Waals surface area contributed by atoms with Crippen LogP contribution in [0.15, 0.2) is 48.7 Å². The second kappa shape index (κ2) is 21.0. The highest BCUT2D eigenvalue weighted by Crippen LogP contribution is 2.43. The molecular weight excluding hydrogens is 833 g/mol. The molecule has 66 heavy (non-hydrogen) atoms. The summed E-state index contributed by atoms with van der Waals surface area (Å²) in [4.78, 5) is 48.2. The Bertz CT molecular complexity index is 2330. The third-order valence-electron chi connectivity index (χ3n) is 14.5. The molecule has 2 aromatic carbocycles. The third-order valence-corrected chi connectivity index (χ3v) is 14.5. The van der Waals surface area contributed by atoms with Crippen LogP contribution in [0.5, 0.6) is 5.75 Å². The molecular formula is C53H72N6O7. The van der Waals surface area contributed by atoms with Crippen molar-refractivity contribution in [2.45, 2.75) is 111 Å². The van der Waals surface area contributed by atoms with E-state index in [9.17, 15) is 14.4 Å². The molecule has 1 saturated carbocycles. The lowest BCUT2D eigenvalue weighted by atomic mass is 9.84. The number of methoxy groups -OCH3 is 1. The molecule has 2 N–H and O–H groups in total. The number of ether oxygens (including phenoxy) is 4. The zero-order valence-corrected chi connectivity index (χ0v) is 40.3. The number of carbonyl (C=O) groups excluding carboxylic acids is 3. The topological polar surface area (TPSA) is 136 Å². The van der Waals surface area contributed by atoms with E-state index in [-0.39, 0.29) is 43.2 Å². The summed E-state index contributed by atoms with van der Waals surface area (Å²) in [5.41, 5.74) is 8.76. The molecule has 13 heteroatoms. The van der Waals surface area contributed by atoms with Crippen molar-refractivity contribution < 1.29 is 33.3 Å². The van der Waals surface area contributed by atoms with Gasteiger partial charge in [0.2, 0.25) is 5.91 Å². The predicted molar refractivity (Wildman–Crippen MR) is 259 cm³/mol. The van der Waals surface area contributed by atoms with E-state index in [0.29, 0.717) is 38.2 Å². The fraction of sp³-hybridized carbons (Fsp3) is 0.585. The third kappa shape index (κ3) is 10.8. The minimum absolute atomic E-state index is 0.0265. The zero-order valence-electron chi connectivity index (χ0n) is 40.3. The number of fused-ring (bicyclic) bond motifs is 3. The summed E-state index contributed by atoms with van der Waals surface area (Å²) in [5.74, 6) is 0.440. The highest BCUT2D eigenvalue weighted by atomic mass is 16.5. The maximum Gasteiger partial charge on any atom is 0.293 e. The van der Waals surface area contributed by atoms with E-state index < -0.39 is 17.4 Å². The summed E-state index contributed by atoms with van der Waals surface area (Å²) in [5, 5.41) is 7.62. The van der Waals surface area contributed by atoms with Crippen molar-refractivity contribution in [2.75, 3.05) is 71.1 Å². The number of piperazine rings is 1. The first kappa shape index (κ1) is 47.7. The Labute approximate surface area is 391 Å². The van der Waals surface area contributed by atoms with Gasteiger partial charge in [-0.25, -0.2) is 0 Å². The molecule has 2 aromatic heterocycles. The summed E-state index contributed by atoms with van der Waals surface area (Å²) in [6.07, 6.45) is 7.88. The Morgan fingerprint density at radius 3 is 2.41 bits per heavy atom. The van der Waals surface area contributed by atoms with Crippen molar-refractivity contribution in [3.05, 3.63) is 65.5 Å². The number of carbonyl (C=O) groups is 3. The second-order valence-electron chi connectivity index (χ2n) is 20.3. The molecule has 0 spiro atoms. The van der Waals surface area contributed by atoms with Gasteiger partial charge in [-0.05, 0) is 130 Å². The van der Waals surface area contributed by atoms with Gasteiger partial charge < -0.3 is 43.8 Å². The first-order valence-electron chi connectivity index (χ1n) is 24.5. The Morgan fingerprint density at radius 1 is 0.955 bits per heavy atom. The van der Waals surface area contributed by atoms with Crippen LogP contribution >= 0.6 is 0 Å². The molecule has 3 unspecified atom stereocenters. The van der Waals surface area contributed by atoms with Gasteiger partial charge in [-0.2, -0.15) is 0 Å². The number of nitrogens with zero attached hydrogens (tertiary/aromatic N) is 4. The summed E-state index contributed by atoms with van der Waals surface area (Å²) >= 11 is 0. The van der Waals surface area contributed by atoms with Gasteiger partial charge in [0.05, 0.1) is 60.7 Å². The second-order valence-corrected chi connectivity index (χ2v) is 20.3. The normalized spacial score (nSPS) is 22.2. The number of benzene rings is 2. The molecule has 13 nitrogen and oxygen atoms in total. The number of aryl methyl sites for hydroxylation is 1. The number of hydrogen-bond acceptors (Lipinski definition) is 11. The van der Waals surface area contributed by atoms with Crippen LogP contribution in [0.4, 0.5) is 5.69 Å². The van der Waals surface area contributed by atoms with Gasteiger partial charge in [0.1, 0.15) is 18.6 Å². The van der Waals surface area contributed by atoms with E-state index in [4.69, 9.17) is 23.9 Å². The van der Waals surface area contributed by atoms with Gasteiger partial charge in [-0.1, -0.05) is 39.8 Å². The van der Waals surface area contributed by atoms with Crippen LogP contribution in [0, 0.1) is 23.2 Å². The number of aromatic nitrogens is 2. The summed E-state index contributed by atoms with van der Waals surface area (Å²) in [6, 6.07) is 15.2. The number of nitrogens with one attached hydrogen (secondary N) is 2. The molecule has 3 aliphatic heterocycles. The molecule has 356 valence electrons. The lowest BCUT2D eigenvalue weighted by Gasteiger charge is -2.36. The molecule has 5 heterocycles. The van der Waals surface area contributed by atoms with E-state index in [1.165, 1.54) is 12.8 Å². The van der Waals surface area contributed by atoms with Gasteiger partial charge in [-0.15, -0.1) is 0 Å². The number of aldehydes is 1. The number of amides is 1. The van der Waals surface area contributed by atoms with Gasteiger partial charge >= 0.3 is 0 Å². The SMILES string of the molecule is CCn1c(-c2cc(N3CCN(C4CC4)CC3)cnc2C(C)OC)c(CC(C)(C)COC=O)c2cc(-c3cc4cc(c3)OCC(C3CCNCC3)OC[C@@H](C(C)C)C(=O)NC(C=O)C4)ccc21. The van der Waals surface area contributed by atoms with Crippen LogP contribution in [-0.4, -0.2) is 118 Å². The lowest BCUT2D eigenvalue weighted by molar-refractivity contribution is -0.133. The van der Waals surface area contributed by atoms with Crippen molar-refractivity contribution in [2.24, 2.45) is 23.2 Å². The van der Waals surface area contributed by atoms with E-state index >= 15 is 0 Å². The first-order valence-corrected chi connectivity index (χ1v) is 24.5. The van der Waals surface area contributed by atoms with Crippen molar-refractivity contribution in [1.29, 1.82) is 0 Å². The molecule has 0 radical (unpaired) electrons. The van der Waals surface area contributed by atoms with Crippen LogP contribution in [-0.2, 0) is 48.0 Å². The summed E-state index contributed by atoms with van der Waals surface area (Å²) in [7, 11) is 1.73. The Hall–Kier alpha value is -4.82. The van der Waals surface area contributed by atoms with Crippen LogP contribution in [0.2, 0.25) is 0 Å². The van der Waals surface area contributed by atoms with Gasteiger partial charge in [-0.3, -0.25) is 19.5 Å². The molecule has 2 saturated heterocycles. The monoisotopic (exact) mass is 905 g/mol. The van der Waals surface area contributed by atoms with E-state index in [1.54, 1.807) is 7.11 Å². The van der Waals surface area contributed by atoms with Crippen LogP contribution in [0.3, 0.4) is 0 Å². The van der Waals surface area contributed by atoms with Crippen LogP contribution in [0.1, 0.15) is 90.2 Å². The Kier molecular flexibility index (Phi) is 15.2. The van der Waals surface area contributed by atoms with E-state index in [1.807, 2.05) is 26.1 Å². The lowest BCUT2D eigenvalue weighted by Crippen LogP contribution is -2.47. The minimum Gasteiger partial charge on any atom is -0.491 e. The molecule has 3 fully saturated rings. The Morgan fingerprint density at radius 2 is 1.73 bits per heavy atom. The molecule has 4 atom stereocenters. The quantitative estimate of drug-likeness (QED) is 0.116. The molecule has 8 rings (SSSR count). The number of hydrogen-bond donors (Lipinski definition) is 2. The van der Waals surface area contributed by atoms with E-state index in [2.05, 4.69) is 89.1 Å². The van der Waals surface area contributed by atoms with Gasteiger partial charge in [0.15, 0.2) is 0 Å². The molecule has 4 aromatic rings.